The lowest BCUT2D eigenvalue weighted by Crippen LogP contribution is -2.43. The van der Waals surface area contributed by atoms with Gasteiger partial charge in [0, 0.05) is 13.0 Å². The van der Waals surface area contributed by atoms with Crippen LogP contribution in [-0.2, 0) is 19.6 Å². The number of fused-ring (bicyclic) bond motifs is 2. The zero-order valence-corrected chi connectivity index (χ0v) is 24.9. The van der Waals surface area contributed by atoms with Crippen LogP contribution < -0.4 is 9.04 Å². The van der Waals surface area contributed by atoms with Gasteiger partial charge >= 0.3 is 5.97 Å². The number of aromatic hydroxyl groups is 2. The highest BCUT2D eigenvalue weighted by Gasteiger charge is 2.54. The van der Waals surface area contributed by atoms with E-state index in [0.717, 1.165) is 41.5 Å². The number of ether oxygens (including phenoxy) is 2. The summed E-state index contributed by atoms with van der Waals surface area (Å²) in [7, 11) is -3.84. The van der Waals surface area contributed by atoms with Crippen LogP contribution in [0.15, 0.2) is 72.8 Å². The maximum Gasteiger partial charge on any atom is 0.303 e. The molecule has 228 valence electrons. The third kappa shape index (κ3) is 6.65. The molecule has 0 saturated carbocycles. The van der Waals surface area contributed by atoms with Crippen LogP contribution in [0.25, 0.3) is 11.1 Å². The molecule has 3 aromatic carbocycles. The fraction of sp³-hybridized carbons (Fsp3) is 0.364. The summed E-state index contributed by atoms with van der Waals surface area (Å²) >= 11 is 0. The lowest BCUT2D eigenvalue weighted by Gasteiger charge is -2.31. The number of carbonyl (C=O) groups is 1. The lowest BCUT2D eigenvalue weighted by atomic mass is 9.83. The molecule has 0 amide bonds. The number of phenols is 2. The number of anilines is 1. The molecule has 1 fully saturated rings. The van der Waals surface area contributed by atoms with E-state index in [-0.39, 0.29) is 24.5 Å². The van der Waals surface area contributed by atoms with Gasteiger partial charge < -0.3 is 24.8 Å². The molecule has 5 rings (SSSR count). The first kappa shape index (κ1) is 30.4. The minimum absolute atomic E-state index is 0.115. The van der Waals surface area contributed by atoms with Crippen LogP contribution in [0.3, 0.4) is 0 Å². The van der Waals surface area contributed by atoms with E-state index in [1.807, 2.05) is 0 Å². The Morgan fingerprint density at radius 3 is 2.02 bits per heavy atom. The van der Waals surface area contributed by atoms with Gasteiger partial charge in [-0.2, -0.15) is 0 Å². The third-order valence-corrected chi connectivity index (χ3v) is 10.3. The van der Waals surface area contributed by atoms with E-state index in [0.29, 0.717) is 30.9 Å². The number of hydrogen-bond donors (Lipinski definition) is 3. The van der Waals surface area contributed by atoms with Crippen molar-refractivity contribution in [2.45, 2.75) is 62.9 Å². The number of carboxylic acids is 1. The van der Waals surface area contributed by atoms with Gasteiger partial charge in [0.15, 0.2) is 0 Å². The first-order chi connectivity index (χ1) is 20.7. The standard InChI is InChI=1S/C33H37NO8S/c1-2-34(24-12-18-27(19-13-24)41-20-6-4-3-5-7-30(37)38)43(39,40)29-21-28-31(22-8-14-25(35)15-9-22)32(33(29)42-28)23-10-16-26(36)17-11-23/h8-19,28-29,33,35-36H,2-7,20-21H2,1H3,(H,37,38)/t28-,29+,33+/m1/s1. The summed E-state index contributed by atoms with van der Waals surface area (Å²) < 4.78 is 41.9. The minimum Gasteiger partial charge on any atom is -0.508 e. The van der Waals surface area contributed by atoms with Crippen molar-refractivity contribution in [3.63, 3.8) is 0 Å². The van der Waals surface area contributed by atoms with Gasteiger partial charge in [-0.1, -0.05) is 37.1 Å². The summed E-state index contributed by atoms with van der Waals surface area (Å²) in [5.41, 5.74) is 3.85. The van der Waals surface area contributed by atoms with Crippen molar-refractivity contribution in [2.75, 3.05) is 17.5 Å². The number of hydrogen-bond acceptors (Lipinski definition) is 7. The first-order valence-electron chi connectivity index (χ1n) is 14.6. The number of sulfonamides is 1. The van der Waals surface area contributed by atoms with Crippen LogP contribution in [0.1, 0.15) is 56.6 Å². The first-order valence-corrected chi connectivity index (χ1v) is 16.1. The van der Waals surface area contributed by atoms with Crippen molar-refractivity contribution in [3.8, 4) is 17.2 Å². The smallest absolute Gasteiger partial charge is 0.303 e. The minimum atomic E-state index is -3.84. The molecule has 3 N–H and O–H groups in total. The Morgan fingerprint density at radius 2 is 1.44 bits per heavy atom. The highest BCUT2D eigenvalue weighted by Crippen LogP contribution is 2.51. The number of benzene rings is 3. The van der Waals surface area contributed by atoms with Gasteiger partial charge in [-0.05, 0) is 97.0 Å². The van der Waals surface area contributed by atoms with Gasteiger partial charge in [-0.15, -0.1) is 0 Å². The molecule has 0 aliphatic carbocycles. The molecule has 3 aromatic rings. The quantitative estimate of drug-likeness (QED) is 0.195. The van der Waals surface area contributed by atoms with Crippen LogP contribution in [0.4, 0.5) is 5.69 Å². The lowest BCUT2D eigenvalue weighted by molar-refractivity contribution is -0.137. The topological polar surface area (TPSA) is 134 Å². The molecule has 2 bridgehead atoms. The Hall–Kier alpha value is -4.02. The van der Waals surface area contributed by atoms with E-state index in [1.165, 1.54) is 4.31 Å². The predicted octanol–water partition coefficient (Wildman–Crippen LogP) is 5.82. The highest BCUT2D eigenvalue weighted by molar-refractivity contribution is 7.93. The average Bonchev–Trinajstić information content (AvgIpc) is 3.58. The molecule has 2 heterocycles. The number of nitrogens with zero attached hydrogens (tertiary/aromatic N) is 1. The average molecular weight is 608 g/mol. The second-order valence-corrected chi connectivity index (χ2v) is 12.9. The highest BCUT2D eigenvalue weighted by atomic mass is 32.2. The molecule has 0 unspecified atom stereocenters. The summed E-state index contributed by atoms with van der Waals surface area (Å²) in [6.45, 7) is 2.55. The van der Waals surface area contributed by atoms with Gasteiger partial charge in [0.25, 0.3) is 0 Å². The van der Waals surface area contributed by atoms with Crippen molar-refractivity contribution >= 4 is 32.8 Å². The predicted molar refractivity (Wildman–Crippen MR) is 165 cm³/mol. The summed E-state index contributed by atoms with van der Waals surface area (Å²) in [5.74, 6) is 0.120. The van der Waals surface area contributed by atoms with Gasteiger partial charge in [0.05, 0.1) is 18.4 Å². The normalized spacial score (nSPS) is 19.5. The number of phenolic OH excluding ortho intramolecular Hbond substituents is 2. The van der Waals surface area contributed by atoms with E-state index < -0.39 is 33.5 Å². The van der Waals surface area contributed by atoms with Crippen molar-refractivity contribution in [2.24, 2.45) is 0 Å². The van der Waals surface area contributed by atoms with E-state index >= 15 is 0 Å². The molecule has 10 heteroatoms. The molecule has 0 spiro atoms. The van der Waals surface area contributed by atoms with Crippen molar-refractivity contribution in [1.29, 1.82) is 0 Å². The Bertz CT molecular complexity index is 1550. The van der Waals surface area contributed by atoms with Crippen LogP contribution in [0.5, 0.6) is 17.2 Å². The number of rotatable bonds is 14. The number of carboxylic acid groups (broad SMARTS) is 1. The van der Waals surface area contributed by atoms with E-state index in [1.54, 1.807) is 79.7 Å². The molecular formula is C33H37NO8S. The van der Waals surface area contributed by atoms with E-state index in [2.05, 4.69) is 0 Å². The van der Waals surface area contributed by atoms with E-state index in [4.69, 9.17) is 14.6 Å². The molecule has 3 atom stereocenters. The molecule has 43 heavy (non-hydrogen) atoms. The molecule has 0 radical (unpaired) electrons. The summed E-state index contributed by atoms with van der Waals surface area (Å²) in [6, 6.07) is 20.5. The van der Waals surface area contributed by atoms with Gasteiger partial charge in [0.2, 0.25) is 10.0 Å². The SMILES string of the molecule is CCN(c1ccc(OCCCCCCC(=O)O)cc1)S(=O)(=O)[C@H]1C[C@H]2O[C@@H]1C(c1ccc(O)cc1)=C2c1ccc(O)cc1. The largest absolute Gasteiger partial charge is 0.508 e. The van der Waals surface area contributed by atoms with E-state index in [9.17, 15) is 23.4 Å². The summed E-state index contributed by atoms with van der Waals surface area (Å²) in [5, 5.41) is 27.6. The second kappa shape index (κ2) is 13.1. The summed E-state index contributed by atoms with van der Waals surface area (Å²) in [4.78, 5) is 10.6. The Balaban J connectivity index is 1.33. The van der Waals surface area contributed by atoms with Gasteiger partial charge in [-0.25, -0.2) is 8.42 Å². The number of aliphatic carboxylic acids is 1. The molecule has 9 nitrogen and oxygen atoms in total. The molecule has 1 saturated heterocycles. The van der Waals surface area contributed by atoms with Gasteiger partial charge in [0.1, 0.15) is 28.6 Å². The fourth-order valence-electron chi connectivity index (χ4n) is 5.95. The van der Waals surface area contributed by atoms with Crippen LogP contribution in [-0.4, -0.2) is 60.3 Å². The zero-order valence-electron chi connectivity index (χ0n) is 24.1. The Morgan fingerprint density at radius 1 is 0.860 bits per heavy atom. The molecular weight excluding hydrogens is 570 g/mol. The van der Waals surface area contributed by atoms with Gasteiger partial charge in [-0.3, -0.25) is 9.10 Å². The Labute approximate surface area is 252 Å². The monoisotopic (exact) mass is 607 g/mol. The third-order valence-electron chi connectivity index (χ3n) is 8.00. The van der Waals surface area contributed by atoms with Crippen LogP contribution >= 0.6 is 0 Å². The Kier molecular flexibility index (Phi) is 9.27. The second-order valence-electron chi connectivity index (χ2n) is 10.9. The molecule has 0 aromatic heterocycles. The zero-order chi connectivity index (χ0) is 30.6. The fourth-order valence-corrected chi connectivity index (χ4v) is 7.98. The molecule has 2 aliphatic heterocycles. The van der Waals surface area contributed by atoms with Crippen LogP contribution in [0, 0.1) is 0 Å². The van der Waals surface area contributed by atoms with Crippen LogP contribution in [0.2, 0.25) is 0 Å². The van der Waals surface area contributed by atoms with Crippen molar-refractivity contribution in [1.82, 2.24) is 0 Å². The maximum atomic E-state index is 14.2. The van der Waals surface area contributed by atoms with Crippen molar-refractivity contribution < 1.29 is 38.0 Å². The maximum absolute atomic E-state index is 14.2. The molecule has 2 aliphatic rings. The van der Waals surface area contributed by atoms with Crippen molar-refractivity contribution in [3.05, 3.63) is 83.9 Å². The summed E-state index contributed by atoms with van der Waals surface area (Å²) in [6.07, 6.45) is 2.54. The number of unbranched alkanes of at least 4 members (excludes halogenated alkanes) is 3.